The van der Waals surface area contributed by atoms with Crippen molar-refractivity contribution in [1.82, 2.24) is 10.2 Å². The molecule has 32 heavy (non-hydrogen) atoms. The van der Waals surface area contributed by atoms with E-state index in [0.717, 1.165) is 0 Å². The van der Waals surface area contributed by atoms with E-state index in [1.807, 2.05) is 0 Å². The quantitative estimate of drug-likeness (QED) is 0.182. The Bertz CT molecular complexity index is 1030. The van der Waals surface area contributed by atoms with Crippen LogP contribution in [-0.2, 0) is 14.3 Å². The van der Waals surface area contributed by atoms with E-state index < -0.39 is 23.7 Å². The molecule has 1 heterocycles. The zero-order valence-electron chi connectivity index (χ0n) is 17.4. The number of carbonyl (C=O) groups excluding carboxylic acids is 3. The third kappa shape index (κ3) is 4.83. The summed E-state index contributed by atoms with van der Waals surface area (Å²) in [5, 5.41) is 23.3. The summed E-state index contributed by atoms with van der Waals surface area (Å²) in [5.74, 6) is -2.37. The van der Waals surface area contributed by atoms with Gasteiger partial charge in [-0.3, -0.25) is 9.59 Å². The molecule has 1 atom stereocenters. The summed E-state index contributed by atoms with van der Waals surface area (Å²) >= 11 is 5.92. The first-order chi connectivity index (χ1) is 15.4. The molecule has 3 N–H and O–H groups in total. The molecule has 1 fully saturated rings. The van der Waals surface area contributed by atoms with Gasteiger partial charge in [-0.15, -0.1) is 0 Å². The van der Waals surface area contributed by atoms with Crippen molar-refractivity contribution in [2.24, 2.45) is 0 Å². The molecule has 1 unspecified atom stereocenters. The predicted octanol–water partition coefficient (Wildman–Crippen LogP) is 2.13. The van der Waals surface area contributed by atoms with E-state index in [-0.39, 0.29) is 24.5 Å². The second-order valence-electron chi connectivity index (χ2n) is 7.09. The molecule has 3 rings (SSSR count). The van der Waals surface area contributed by atoms with E-state index in [1.165, 1.54) is 24.1 Å². The molecule has 0 saturated carbocycles. The van der Waals surface area contributed by atoms with E-state index in [2.05, 4.69) is 5.32 Å². The standard InChI is InChI=1S/C23H23ClN2O6/c1-32-23(31)16-4-2-14(3-5-16)19-18(20(28)15-6-8-17(24)9-7-15)21(29)22(30)26(19)12-10-25-11-13-27/h2-9,19,25,27-28H,10-13H2,1H3. The van der Waals surface area contributed by atoms with Crippen molar-refractivity contribution >= 4 is 35.0 Å². The fourth-order valence-electron chi connectivity index (χ4n) is 3.54. The minimum atomic E-state index is -0.853. The van der Waals surface area contributed by atoms with Gasteiger partial charge in [0.05, 0.1) is 30.9 Å². The number of amides is 1. The van der Waals surface area contributed by atoms with E-state index in [0.29, 0.717) is 34.8 Å². The molecule has 0 bridgehead atoms. The van der Waals surface area contributed by atoms with Gasteiger partial charge >= 0.3 is 5.97 Å². The normalized spacial score (nSPS) is 17.6. The first-order valence-electron chi connectivity index (χ1n) is 9.93. The van der Waals surface area contributed by atoms with Gasteiger partial charge in [-0.1, -0.05) is 23.7 Å². The van der Waals surface area contributed by atoms with Crippen molar-refractivity contribution in [3.8, 4) is 0 Å². The van der Waals surface area contributed by atoms with Gasteiger partial charge in [0.25, 0.3) is 11.7 Å². The molecule has 0 spiro atoms. The summed E-state index contributed by atoms with van der Waals surface area (Å²) in [6.07, 6.45) is 0. The maximum atomic E-state index is 12.9. The van der Waals surface area contributed by atoms with Crippen LogP contribution in [0, 0.1) is 0 Å². The number of ether oxygens (including phenoxy) is 1. The Morgan fingerprint density at radius 1 is 1.06 bits per heavy atom. The minimum absolute atomic E-state index is 0.0506. The van der Waals surface area contributed by atoms with Crippen LogP contribution in [-0.4, -0.2) is 66.1 Å². The van der Waals surface area contributed by atoms with Crippen LogP contribution in [0.1, 0.15) is 27.5 Å². The number of ketones is 1. The van der Waals surface area contributed by atoms with Crippen molar-refractivity contribution < 1.29 is 29.3 Å². The number of carbonyl (C=O) groups is 3. The average molecular weight is 459 g/mol. The lowest BCUT2D eigenvalue weighted by Gasteiger charge is -2.25. The molecule has 8 nitrogen and oxygen atoms in total. The van der Waals surface area contributed by atoms with E-state index in [4.69, 9.17) is 21.4 Å². The second kappa shape index (κ2) is 10.4. The first-order valence-corrected chi connectivity index (χ1v) is 10.3. The lowest BCUT2D eigenvalue weighted by atomic mass is 9.94. The summed E-state index contributed by atoms with van der Waals surface area (Å²) in [7, 11) is 1.27. The number of benzene rings is 2. The number of methoxy groups -OCH3 is 1. The summed E-state index contributed by atoms with van der Waals surface area (Å²) in [6, 6.07) is 11.7. The largest absolute Gasteiger partial charge is 0.507 e. The fourth-order valence-corrected chi connectivity index (χ4v) is 3.67. The number of esters is 1. The number of nitrogens with one attached hydrogen (secondary N) is 1. The van der Waals surface area contributed by atoms with Crippen LogP contribution in [0.15, 0.2) is 54.1 Å². The molecule has 1 aliphatic heterocycles. The SMILES string of the molecule is COC(=O)c1ccc(C2C(=C(O)c3ccc(Cl)cc3)C(=O)C(=O)N2CCNCCO)cc1. The highest BCUT2D eigenvalue weighted by molar-refractivity contribution is 6.46. The van der Waals surface area contributed by atoms with Gasteiger partial charge in [0.2, 0.25) is 0 Å². The first kappa shape index (κ1) is 23.5. The van der Waals surface area contributed by atoms with E-state index >= 15 is 0 Å². The summed E-state index contributed by atoms with van der Waals surface area (Å²) in [5.41, 5.74) is 1.16. The molecular weight excluding hydrogens is 436 g/mol. The number of nitrogens with zero attached hydrogens (tertiary/aromatic N) is 1. The molecule has 9 heteroatoms. The van der Waals surface area contributed by atoms with Gasteiger partial charge in [0.15, 0.2) is 0 Å². The van der Waals surface area contributed by atoms with Crippen molar-refractivity contribution in [3.63, 3.8) is 0 Å². The van der Waals surface area contributed by atoms with Gasteiger partial charge in [0.1, 0.15) is 5.76 Å². The van der Waals surface area contributed by atoms with Gasteiger partial charge in [-0.2, -0.15) is 0 Å². The molecule has 0 aromatic heterocycles. The number of rotatable bonds is 8. The van der Waals surface area contributed by atoms with Gasteiger partial charge in [-0.05, 0) is 42.0 Å². The van der Waals surface area contributed by atoms with Crippen LogP contribution < -0.4 is 5.32 Å². The number of halogens is 1. The van der Waals surface area contributed by atoms with Crippen molar-refractivity contribution in [3.05, 3.63) is 75.8 Å². The highest BCUT2D eigenvalue weighted by Gasteiger charge is 2.45. The van der Waals surface area contributed by atoms with Crippen molar-refractivity contribution in [2.45, 2.75) is 6.04 Å². The molecule has 1 saturated heterocycles. The maximum absolute atomic E-state index is 12.9. The Kier molecular flexibility index (Phi) is 7.63. The summed E-state index contributed by atoms with van der Waals surface area (Å²) in [6.45, 7) is 0.789. The number of hydrogen-bond acceptors (Lipinski definition) is 7. The van der Waals surface area contributed by atoms with Crippen LogP contribution in [0.2, 0.25) is 5.02 Å². The molecule has 168 valence electrons. The lowest BCUT2D eigenvalue weighted by Crippen LogP contribution is -2.36. The van der Waals surface area contributed by atoms with Crippen LogP contribution in [0.3, 0.4) is 0 Å². The molecule has 0 radical (unpaired) electrons. The lowest BCUT2D eigenvalue weighted by molar-refractivity contribution is -0.139. The fraction of sp³-hybridized carbons (Fsp3) is 0.261. The Labute approximate surface area is 190 Å². The van der Waals surface area contributed by atoms with Gasteiger partial charge < -0.3 is 25.2 Å². The third-order valence-electron chi connectivity index (χ3n) is 5.12. The van der Waals surface area contributed by atoms with Crippen LogP contribution in [0.4, 0.5) is 0 Å². The maximum Gasteiger partial charge on any atom is 0.337 e. The van der Waals surface area contributed by atoms with Crippen LogP contribution >= 0.6 is 11.6 Å². The number of aliphatic hydroxyl groups excluding tert-OH is 2. The molecule has 2 aromatic carbocycles. The van der Waals surface area contributed by atoms with Crippen LogP contribution in [0.25, 0.3) is 5.76 Å². The third-order valence-corrected chi connectivity index (χ3v) is 5.38. The summed E-state index contributed by atoms with van der Waals surface area (Å²) < 4.78 is 4.71. The number of hydrogen-bond donors (Lipinski definition) is 3. The smallest absolute Gasteiger partial charge is 0.337 e. The number of likely N-dealkylation sites (tertiary alicyclic amines) is 1. The zero-order valence-corrected chi connectivity index (χ0v) is 18.1. The molecule has 1 amide bonds. The van der Waals surface area contributed by atoms with Gasteiger partial charge in [0, 0.05) is 30.2 Å². The van der Waals surface area contributed by atoms with Crippen molar-refractivity contribution in [1.29, 1.82) is 0 Å². The van der Waals surface area contributed by atoms with Crippen molar-refractivity contribution in [2.75, 3.05) is 33.4 Å². The van der Waals surface area contributed by atoms with Crippen LogP contribution in [0.5, 0.6) is 0 Å². The Morgan fingerprint density at radius 2 is 1.69 bits per heavy atom. The average Bonchev–Trinajstić information content (AvgIpc) is 3.06. The summed E-state index contributed by atoms with van der Waals surface area (Å²) in [4.78, 5) is 38.9. The second-order valence-corrected chi connectivity index (χ2v) is 7.52. The number of Topliss-reactive ketones (excluding diaryl/α,β-unsaturated/α-hetero) is 1. The highest BCUT2D eigenvalue weighted by Crippen LogP contribution is 2.39. The molecular formula is C23H23ClN2O6. The monoisotopic (exact) mass is 458 g/mol. The topological polar surface area (TPSA) is 116 Å². The van der Waals surface area contributed by atoms with Gasteiger partial charge in [-0.25, -0.2) is 4.79 Å². The van der Waals surface area contributed by atoms with E-state index in [1.54, 1.807) is 36.4 Å². The Morgan fingerprint density at radius 3 is 2.28 bits per heavy atom. The molecule has 2 aromatic rings. The minimum Gasteiger partial charge on any atom is -0.507 e. The highest BCUT2D eigenvalue weighted by atomic mass is 35.5. The predicted molar refractivity (Wildman–Crippen MR) is 118 cm³/mol. The number of aliphatic hydroxyl groups is 2. The zero-order chi connectivity index (χ0) is 23.3. The Hall–Kier alpha value is -3.20. The Balaban J connectivity index is 2.06. The van der Waals surface area contributed by atoms with E-state index in [9.17, 15) is 19.5 Å². The molecule has 0 aliphatic carbocycles. The molecule has 1 aliphatic rings.